The van der Waals surface area contributed by atoms with Crippen LogP contribution in [0, 0.1) is 13.8 Å². The highest BCUT2D eigenvalue weighted by atomic mass is 35.5. The smallest absolute Gasteiger partial charge is 0.246 e. The number of halogens is 2. The predicted molar refractivity (Wildman–Crippen MR) is 123 cm³/mol. The van der Waals surface area contributed by atoms with E-state index in [4.69, 9.17) is 23.2 Å². The number of benzene rings is 2. The third-order valence-electron chi connectivity index (χ3n) is 5.16. The molecule has 2 aromatic rings. The Morgan fingerprint density at radius 1 is 1.03 bits per heavy atom. The first-order valence-corrected chi connectivity index (χ1v) is 10.6. The van der Waals surface area contributed by atoms with Crippen LogP contribution in [-0.4, -0.2) is 54.3 Å². The minimum Gasteiger partial charge on any atom is -0.337 e. The molecule has 7 heteroatoms. The summed E-state index contributed by atoms with van der Waals surface area (Å²) in [5, 5.41) is 4.08. The average molecular weight is 446 g/mol. The molecule has 2 aromatic carbocycles. The van der Waals surface area contributed by atoms with Crippen molar-refractivity contribution < 1.29 is 9.59 Å². The van der Waals surface area contributed by atoms with Gasteiger partial charge >= 0.3 is 0 Å². The molecule has 2 amide bonds. The van der Waals surface area contributed by atoms with Crippen LogP contribution in [0.2, 0.25) is 10.0 Å². The molecule has 1 fully saturated rings. The summed E-state index contributed by atoms with van der Waals surface area (Å²) in [5.41, 5.74) is 3.72. The summed E-state index contributed by atoms with van der Waals surface area (Å²) in [7, 11) is 0. The van der Waals surface area contributed by atoms with Gasteiger partial charge in [-0.1, -0.05) is 47.5 Å². The van der Waals surface area contributed by atoms with Crippen LogP contribution in [0.4, 0.5) is 5.69 Å². The number of amides is 2. The quantitative estimate of drug-likeness (QED) is 0.693. The summed E-state index contributed by atoms with van der Waals surface area (Å²) in [6.45, 7) is 6.74. The van der Waals surface area contributed by atoms with Gasteiger partial charge in [0, 0.05) is 48.0 Å². The summed E-state index contributed by atoms with van der Waals surface area (Å²) in [6, 6.07) is 11.1. The molecule has 0 atom stereocenters. The zero-order valence-corrected chi connectivity index (χ0v) is 18.6. The van der Waals surface area contributed by atoms with Crippen molar-refractivity contribution in [1.82, 2.24) is 9.80 Å². The van der Waals surface area contributed by atoms with E-state index in [1.54, 1.807) is 29.2 Å². The molecule has 1 heterocycles. The van der Waals surface area contributed by atoms with Crippen LogP contribution in [0.5, 0.6) is 0 Å². The Hall–Kier alpha value is -2.34. The number of nitrogens with zero attached hydrogens (tertiary/aromatic N) is 2. The average Bonchev–Trinajstić information content (AvgIpc) is 2.70. The van der Waals surface area contributed by atoms with Crippen molar-refractivity contribution in [2.24, 2.45) is 0 Å². The maximum Gasteiger partial charge on any atom is 0.246 e. The second-order valence-corrected chi connectivity index (χ2v) is 8.26. The zero-order valence-electron chi connectivity index (χ0n) is 17.1. The Morgan fingerprint density at radius 3 is 2.33 bits per heavy atom. The summed E-state index contributed by atoms with van der Waals surface area (Å²) in [6.07, 6.45) is 3.23. The van der Waals surface area contributed by atoms with Crippen molar-refractivity contribution in [3.05, 3.63) is 69.2 Å². The van der Waals surface area contributed by atoms with Crippen LogP contribution < -0.4 is 5.32 Å². The molecule has 0 saturated carbocycles. The van der Waals surface area contributed by atoms with Crippen molar-refractivity contribution in [3.8, 4) is 0 Å². The lowest BCUT2D eigenvalue weighted by Crippen LogP contribution is -2.50. The van der Waals surface area contributed by atoms with Gasteiger partial charge in [-0.15, -0.1) is 0 Å². The standard InChI is InChI=1S/C23H25Cl2N3O2/c1-16-4-3-5-17(2)23(16)26-21(29)15-27-10-12-28(13-11-27)22(30)9-7-18-6-8-19(24)14-20(18)25/h3-9,14H,10-13,15H2,1-2H3,(H,26,29)/b9-7+. The van der Waals surface area contributed by atoms with Gasteiger partial charge in [0.05, 0.1) is 6.54 Å². The van der Waals surface area contributed by atoms with Gasteiger partial charge in [-0.2, -0.15) is 0 Å². The summed E-state index contributed by atoms with van der Waals surface area (Å²) < 4.78 is 0. The number of hydrogen-bond acceptors (Lipinski definition) is 3. The van der Waals surface area contributed by atoms with Crippen LogP contribution >= 0.6 is 23.2 Å². The van der Waals surface area contributed by atoms with Gasteiger partial charge in [0.1, 0.15) is 0 Å². The summed E-state index contributed by atoms with van der Waals surface area (Å²) >= 11 is 12.0. The first kappa shape index (κ1) is 22.3. The van der Waals surface area contributed by atoms with Crippen molar-refractivity contribution in [2.75, 3.05) is 38.0 Å². The monoisotopic (exact) mass is 445 g/mol. The molecular weight excluding hydrogens is 421 g/mol. The highest BCUT2D eigenvalue weighted by molar-refractivity contribution is 6.35. The maximum atomic E-state index is 12.5. The molecule has 3 rings (SSSR count). The van der Waals surface area contributed by atoms with Crippen LogP contribution in [0.25, 0.3) is 6.08 Å². The van der Waals surface area contributed by atoms with E-state index in [9.17, 15) is 9.59 Å². The lowest BCUT2D eigenvalue weighted by Gasteiger charge is -2.33. The number of hydrogen-bond donors (Lipinski definition) is 1. The second-order valence-electron chi connectivity index (χ2n) is 7.42. The Labute approximate surface area is 187 Å². The number of carbonyl (C=O) groups excluding carboxylic acids is 2. The molecule has 0 radical (unpaired) electrons. The third kappa shape index (κ3) is 5.85. The van der Waals surface area contributed by atoms with Crippen molar-refractivity contribution in [1.29, 1.82) is 0 Å². The highest BCUT2D eigenvalue weighted by Crippen LogP contribution is 2.22. The van der Waals surface area contributed by atoms with E-state index in [1.807, 2.05) is 32.0 Å². The van der Waals surface area contributed by atoms with Crippen molar-refractivity contribution in [2.45, 2.75) is 13.8 Å². The number of rotatable bonds is 5. The molecule has 1 aliphatic heterocycles. The van der Waals surface area contributed by atoms with Crippen LogP contribution in [0.1, 0.15) is 16.7 Å². The fourth-order valence-corrected chi connectivity index (χ4v) is 3.89. The molecule has 0 aromatic heterocycles. The van der Waals surface area contributed by atoms with Gasteiger partial charge in [0.2, 0.25) is 11.8 Å². The van der Waals surface area contributed by atoms with E-state index in [0.717, 1.165) is 22.4 Å². The number of aryl methyl sites for hydroxylation is 2. The van der Waals surface area contributed by atoms with E-state index < -0.39 is 0 Å². The molecule has 0 spiro atoms. The van der Waals surface area contributed by atoms with E-state index >= 15 is 0 Å². The molecule has 1 N–H and O–H groups in total. The van der Waals surface area contributed by atoms with Gasteiger partial charge in [-0.05, 0) is 48.7 Å². The Bertz CT molecular complexity index is 947. The topological polar surface area (TPSA) is 52.7 Å². The van der Waals surface area contributed by atoms with E-state index in [2.05, 4.69) is 10.2 Å². The Morgan fingerprint density at radius 2 is 1.70 bits per heavy atom. The minimum absolute atomic E-state index is 0.0375. The van der Waals surface area contributed by atoms with Gasteiger partial charge in [-0.3, -0.25) is 14.5 Å². The first-order chi connectivity index (χ1) is 14.3. The number of nitrogens with one attached hydrogen (secondary N) is 1. The molecule has 0 unspecified atom stereocenters. The molecule has 1 saturated heterocycles. The predicted octanol–water partition coefficient (Wildman–Crippen LogP) is 4.41. The van der Waals surface area contributed by atoms with E-state index in [0.29, 0.717) is 42.8 Å². The molecule has 0 aliphatic carbocycles. The fourth-order valence-electron chi connectivity index (χ4n) is 3.42. The van der Waals surface area contributed by atoms with Crippen LogP contribution in [0.3, 0.4) is 0 Å². The summed E-state index contributed by atoms with van der Waals surface area (Å²) in [5.74, 6) is -0.106. The van der Waals surface area contributed by atoms with Gasteiger partial charge in [-0.25, -0.2) is 0 Å². The Kier molecular flexibility index (Phi) is 7.53. The Balaban J connectivity index is 1.49. The number of para-hydroxylation sites is 1. The molecular formula is C23H25Cl2N3O2. The molecule has 0 bridgehead atoms. The lowest BCUT2D eigenvalue weighted by molar-refractivity contribution is -0.127. The zero-order chi connectivity index (χ0) is 21.7. The maximum absolute atomic E-state index is 12.5. The number of carbonyl (C=O) groups is 2. The van der Waals surface area contributed by atoms with Gasteiger partial charge < -0.3 is 10.2 Å². The van der Waals surface area contributed by atoms with Crippen LogP contribution in [0.15, 0.2) is 42.5 Å². The largest absolute Gasteiger partial charge is 0.337 e. The highest BCUT2D eigenvalue weighted by Gasteiger charge is 2.21. The van der Waals surface area contributed by atoms with E-state index in [-0.39, 0.29) is 11.8 Å². The molecule has 158 valence electrons. The molecule has 30 heavy (non-hydrogen) atoms. The molecule has 5 nitrogen and oxygen atoms in total. The van der Waals surface area contributed by atoms with Crippen molar-refractivity contribution >= 4 is 46.8 Å². The normalized spacial score (nSPS) is 14.9. The fraction of sp³-hybridized carbons (Fsp3) is 0.304. The van der Waals surface area contributed by atoms with Gasteiger partial charge in [0.25, 0.3) is 0 Å². The second kappa shape index (κ2) is 10.1. The summed E-state index contributed by atoms with van der Waals surface area (Å²) in [4.78, 5) is 28.8. The van der Waals surface area contributed by atoms with Crippen LogP contribution in [-0.2, 0) is 9.59 Å². The minimum atomic E-state index is -0.0688. The third-order valence-corrected chi connectivity index (χ3v) is 5.73. The number of piperazine rings is 1. The van der Waals surface area contributed by atoms with Gasteiger partial charge in [0.15, 0.2) is 0 Å². The lowest BCUT2D eigenvalue weighted by atomic mass is 10.1. The first-order valence-electron chi connectivity index (χ1n) is 9.84. The molecule has 1 aliphatic rings. The van der Waals surface area contributed by atoms with Crippen molar-refractivity contribution in [3.63, 3.8) is 0 Å². The SMILES string of the molecule is Cc1cccc(C)c1NC(=O)CN1CCN(C(=O)/C=C/c2ccc(Cl)cc2Cl)CC1. The number of anilines is 1. The van der Waals surface area contributed by atoms with E-state index in [1.165, 1.54) is 6.08 Å².